The van der Waals surface area contributed by atoms with Gasteiger partial charge in [0.25, 0.3) is 0 Å². The van der Waals surface area contributed by atoms with Gasteiger partial charge in [-0.05, 0) is 95.1 Å². The molecule has 9 rings (SSSR count). The number of pyridine rings is 2. The maximum Gasteiger partial charge on any atom is 0.0703 e. The van der Waals surface area contributed by atoms with Crippen molar-refractivity contribution in [2.24, 2.45) is 0 Å². The highest BCUT2D eigenvalue weighted by molar-refractivity contribution is 5.91. The smallest absolute Gasteiger partial charge is 0.0703 e. The third-order valence-electron chi connectivity index (χ3n) is 9.86. The zero-order valence-electron chi connectivity index (χ0n) is 27.5. The molecular weight excluding hydrogens is 597 g/mol. The first-order valence-corrected chi connectivity index (χ1v) is 16.7. The first kappa shape index (κ1) is 28.9. The van der Waals surface area contributed by atoms with E-state index in [9.17, 15) is 0 Å². The number of rotatable bonds is 6. The van der Waals surface area contributed by atoms with Crippen molar-refractivity contribution in [2.45, 2.75) is 19.3 Å². The zero-order valence-corrected chi connectivity index (χ0v) is 27.5. The van der Waals surface area contributed by atoms with E-state index >= 15 is 0 Å². The molecule has 0 saturated carbocycles. The van der Waals surface area contributed by atoms with E-state index in [1.807, 2.05) is 24.5 Å². The van der Waals surface area contributed by atoms with Crippen molar-refractivity contribution in [1.82, 2.24) is 9.97 Å². The topological polar surface area (TPSA) is 32.3 Å². The fourth-order valence-electron chi connectivity index (χ4n) is 7.40. The van der Waals surface area contributed by atoms with Gasteiger partial charge < -0.3 is 9.80 Å². The van der Waals surface area contributed by atoms with Crippen molar-refractivity contribution in [3.63, 3.8) is 0 Å². The normalized spacial score (nSPS) is 12.9. The van der Waals surface area contributed by atoms with Crippen LogP contribution in [0.3, 0.4) is 0 Å². The average Bonchev–Trinajstić information content (AvgIpc) is 3.37. The first-order valence-electron chi connectivity index (χ1n) is 16.7. The van der Waals surface area contributed by atoms with E-state index in [0.29, 0.717) is 0 Å². The molecule has 1 aliphatic rings. The van der Waals surface area contributed by atoms with Crippen LogP contribution in [-0.4, -0.2) is 9.97 Å². The van der Waals surface area contributed by atoms with Crippen LogP contribution < -0.4 is 9.80 Å². The van der Waals surface area contributed by atoms with E-state index in [-0.39, 0.29) is 5.41 Å². The van der Waals surface area contributed by atoms with Crippen LogP contribution in [0.4, 0.5) is 34.1 Å². The van der Waals surface area contributed by atoms with Gasteiger partial charge in [0.2, 0.25) is 0 Å². The minimum absolute atomic E-state index is 0.231. The largest absolute Gasteiger partial charge is 0.309 e. The quantitative estimate of drug-likeness (QED) is 0.183. The fourth-order valence-corrected chi connectivity index (χ4v) is 7.40. The van der Waals surface area contributed by atoms with Gasteiger partial charge in [0, 0.05) is 38.9 Å². The Morgan fingerprint density at radius 3 is 1.24 bits per heavy atom. The fraction of sp³-hybridized carbons (Fsp3) is 0.0667. The summed E-state index contributed by atoms with van der Waals surface area (Å²) in [7, 11) is 0. The number of anilines is 6. The summed E-state index contributed by atoms with van der Waals surface area (Å²) in [6.07, 6.45) is 3.96. The molecule has 0 atom stereocenters. The molecule has 2 aromatic heterocycles. The van der Waals surface area contributed by atoms with Gasteiger partial charge in [-0.25, -0.2) is 0 Å². The van der Waals surface area contributed by atoms with Crippen molar-refractivity contribution in [3.05, 3.63) is 181 Å². The predicted octanol–water partition coefficient (Wildman–Crippen LogP) is 12.0. The minimum atomic E-state index is -0.231. The zero-order chi connectivity index (χ0) is 33.0. The summed E-state index contributed by atoms with van der Waals surface area (Å²) in [5.74, 6) is 0. The van der Waals surface area contributed by atoms with Gasteiger partial charge in [-0.1, -0.05) is 98.8 Å². The highest BCUT2D eigenvalue weighted by Gasteiger charge is 2.37. The average molecular weight is 631 g/mol. The van der Waals surface area contributed by atoms with E-state index in [1.165, 1.54) is 22.3 Å². The van der Waals surface area contributed by atoms with Crippen molar-refractivity contribution in [3.8, 4) is 11.1 Å². The number of aromatic nitrogens is 2. The van der Waals surface area contributed by atoms with E-state index in [0.717, 1.165) is 55.9 Å². The van der Waals surface area contributed by atoms with Crippen LogP contribution in [0.5, 0.6) is 0 Å². The molecule has 2 heterocycles. The summed E-state index contributed by atoms with van der Waals surface area (Å²) in [6.45, 7) is 4.69. The molecular formula is C45H34N4. The van der Waals surface area contributed by atoms with Crippen LogP contribution in [0.1, 0.15) is 25.0 Å². The SMILES string of the molecule is CC1(C)c2cc(N(c3ccccc3)c3cnc4ccccc4c3)ccc2-c2ccc(N(c3ccccc3)c3cnc4ccccc4c3)cc21. The molecule has 0 aliphatic heterocycles. The van der Waals surface area contributed by atoms with Crippen LogP contribution >= 0.6 is 0 Å². The molecule has 1 aliphatic carbocycles. The number of hydrogen-bond acceptors (Lipinski definition) is 4. The molecule has 0 fully saturated rings. The molecule has 8 aromatic rings. The lowest BCUT2D eigenvalue weighted by atomic mass is 9.82. The number of benzene rings is 6. The number of hydrogen-bond donors (Lipinski definition) is 0. The van der Waals surface area contributed by atoms with E-state index in [1.54, 1.807) is 0 Å². The Labute approximate surface area is 286 Å². The molecule has 0 spiro atoms. The predicted molar refractivity (Wildman–Crippen MR) is 204 cm³/mol. The summed E-state index contributed by atoms with van der Waals surface area (Å²) in [4.78, 5) is 14.3. The highest BCUT2D eigenvalue weighted by Crippen LogP contribution is 2.52. The standard InChI is InChI=1S/C45H34N4/c1-45(2)41-27-35(48(33-15-5-3-6-16-33)37-25-31-13-9-11-19-43(31)46-29-37)21-23-39(41)40-24-22-36(28-42(40)45)49(34-17-7-4-8-18-34)38-26-32-14-10-12-20-44(32)47-30-38/h3-30H,1-2H3. The molecule has 0 bridgehead atoms. The molecule has 0 amide bonds. The Kier molecular flexibility index (Phi) is 6.77. The summed E-state index contributed by atoms with van der Waals surface area (Å²) >= 11 is 0. The maximum absolute atomic E-state index is 4.83. The summed E-state index contributed by atoms with van der Waals surface area (Å²) < 4.78 is 0. The van der Waals surface area contributed by atoms with Crippen LogP contribution in [0.2, 0.25) is 0 Å². The summed E-state index contributed by atoms with van der Waals surface area (Å²) in [6, 6.07) is 56.0. The third-order valence-corrected chi connectivity index (χ3v) is 9.86. The summed E-state index contributed by atoms with van der Waals surface area (Å²) in [5, 5.41) is 2.24. The van der Waals surface area contributed by atoms with Crippen molar-refractivity contribution in [2.75, 3.05) is 9.80 Å². The van der Waals surface area contributed by atoms with Crippen LogP contribution in [-0.2, 0) is 5.41 Å². The molecule has 4 nitrogen and oxygen atoms in total. The van der Waals surface area contributed by atoms with Gasteiger partial charge in [0.15, 0.2) is 0 Å². The second-order valence-electron chi connectivity index (χ2n) is 13.2. The Morgan fingerprint density at radius 2 is 0.796 bits per heavy atom. The molecule has 234 valence electrons. The van der Waals surface area contributed by atoms with E-state index < -0.39 is 0 Å². The van der Waals surface area contributed by atoms with E-state index in [2.05, 4.69) is 169 Å². The molecule has 0 saturated heterocycles. The van der Waals surface area contributed by atoms with Crippen molar-refractivity contribution >= 4 is 55.9 Å². The van der Waals surface area contributed by atoms with Crippen LogP contribution in [0.15, 0.2) is 170 Å². The minimum Gasteiger partial charge on any atom is -0.309 e. The molecule has 0 N–H and O–H groups in total. The van der Waals surface area contributed by atoms with Gasteiger partial charge in [-0.2, -0.15) is 0 Å². The second-order valence-corrected chi connectivity index (χ2v) is 13.2. The Morgan fingerprint density at radius 1 is 0.388 bits per heavy atom. The molecule has 49 heavy (non-hydrogen) atoms. The Balaban J connectivity index is 1.16. The van der Waals surface area contributed by atoms with Gasteiger partial charge in [0.1, 0.15) is 0 Å². The molecule has 4 heteroatoms. The Bertz CT molecular complexity index is 2310. The van der Waals surface area contributed by atoms with E-state index in [4.69, 9.17) is 9.97 Å². The summed E-state index contributed by atoms with van der Waals surface area (Å²) in [5.41, 5.74) is 13.4. The van der Waals surface area contributed by atoms with Crippen molar-refractivity contribution in [1.29, 1.82) is 0 Å². The lowest BCUT2D eigenvalue weighted by Crippen LogP contribution is -2.17. The lowest BCUT2D eigenvalue weighted by molar-refractivity contribution is 0.660. The van der Waals surface area contributed by atoms with Crippen molar-refractivity contribution < 1.29 is 0 Å². The third kappa shape index (κ3) is 4.92. The van der Waals surface area contributed by atoms with Gasteiger partial charge in [0.05, 0.1) is 34.8 Å². The lowest BCUT2D eigenvalue weighted by Gasteiger charge is -2.29. The molecule has 0 unspecified atom stereocenters. The number of nitrogens with zero attached hydrogens (tertiary/aromatic N) is 4. The van der Waals surface area contributed by atoms with Gasteiger partial charge in [-0.3, -0.25) is 9.97 Å². The van der Waals surface area contributed by atoms with Crippen LogP contribution in [0.25, 0.3) is 32.9 Å². The van der Waals surface area contributed by atoms with Gasteiger partial charge >= 0.3 is 0 Å². The molecule has 6 aromatic carbocycles. The second kappa shape index (κ2) is 11.5. The van der Waals surface area contributed by atoms with Crippen LogP contribution in [0, 0.1) is 0 Å². The maximum atomic E-state index is 4.83. The monoisotopic (exact) mass is 630 g/mol. The van der Waals surface area contributed by atoms with Gasteiger partial charge in [-0.15, -0.1) is 0 Å². The number of fused-ring (bicyclic) bond motifs is 5. The number of para-hydroxylation sites is 4. The molecule has 0 radical (unpaired) electrons. The first-order chi connectivity index (χ1) is 24.0. The highest BCUT2D eigenvalue weighted by atomic mass is 15.2. The Hall–Kier alpha value is -6.26.